The van der Waals surface area contributed by atoms with Crippen molar-refractivity contribution >= 4 is 0 Å². The molecule has 3 atom stereocenters. The van der Waals surface area contributed by atoms with Crippen molar-refractivity contribution in [3.63, 3.8) is 0 Å². The summed E-state index contributed by atoms with van der Waals surface area (Å²) < 4.78 is 0. The SMILES string of the molecule is CC1CCCN(C(CN)c2ccncc2)C1C. The summed E-state index contributed by atoms with van der Waals surface area (Å²) in [5, 5.41) is 0. The summed E-state index contributed by atoms with van der Waals surface area (Å²) in [6.07, 6.45) is 6.34. The molecule has 0 bridgehead atoms. The molecule has 0 aliphatic carbocycles. The number of pyridine rings is 1. The Hall–Kier alpha value is -0.930. The molecule has 3 nitrogen and oxygen atoms in total. The molecule has 1 aromatic rings. The van der Waals surface area contributed by atoms with E-state index in [1.54, 1.807) is 0 Å². The number of hydrogen-bond acceptors (Lipinski definition) is 3. The molecule has 1 aliphatic rings. The van der Waals surface area contributed by atoms with E-state index in [1.807, 2.05) is 12.4 Å². The molecule has 17 heavy (non-hydrogen) atoms. The molecule has 0 saturated carbocycles. The Labute approximate surface area is 104 Å². The minimum atomic E-state index is 0.343. The van der Waals surface area contributed by atoms with Gasteiger partial charge in [0, 0.05) is 31.0 Å². The molecule has 2 heterocycles. The van der Waals surface area contributed by atoms with Crippen molar-refractivity contribution in [1.82, 2.24) is 9.88 Å². The third kappa shape index (κ3) is 2.67. The van der Waals surface area contributed by atoms with Gasteiger partial charge in [0.1, 0.15) is 0 Å². The second-order valence-electron chi connectivity index (χ2n) is 5.13. The minimum Gasteiger partial charge on any atom is -0.329 e. The molecule has 0 radical (unpaired) electrons. The van der Waals surface area contributed by atoms with E-state index < -0.39 is 0 Å². The van der Waals surface area contributed by atoms with Crippen molar-refractivity contribution in [3.05, 3.63) is 30.1 Å². The normalized spacial score (nSPS) is 27.9. The molecular weight excluding hydrogens is 210 g/mol. The summed E-state index contributed by atoms with van der Waals surface area (Å²) in [4.78, 5) is 6.64. The van der Waals surface area contributed by atoms with Gasteiger partial charge in [0.15, 0.2) is 0 Å². The van der Waals surface area contributed by atoms with Gasteiger partial charge in [-0.25, -0.2) is 0 Å². The van der Waals surface area contributed by atoms with Gasteiger partial charge in [-0.1, -0.05) is 6.92 Å². The van der Waals surface area contributed by atoms with E-state index in [-0.39, 0.29) is 0 Å². The highest BCUT2D eigenvalue weighted by Crippen LogP contribution is 2.30. The first-order valence-corrected chi connectivity index (χ1v) is 6.59. The molecule has 0 spiro atoms. The fourth-order valence-electron chi connectivity index (χ4n) is 2.86. The maximum atomic E-state index is 5.98. The number of piperidine rings is 1. The second kappa shape index (κ2) is 5.61. The Bertz CT molecular complexity index is 339. The number of likely N-dealkylation sites (tertiary alicyclic amines) is 1. The zero-order valence-electron chi connectivity index (χ0n) is 10.8. The summed E-state index contributed by atoms with van der Waals surface area (Å²) >= 11 is 0. The highest BCUT2D eigenvalue weighted by atomic mass is 15.2. The summed E-state index contributed by atoms with van der Waals surface area (Å²) in [6.45, 7) is 6.52. The van der Waals surface area contributed by atoms with Gasteiger partial charge in [0.2, 0.25) is 0 Å². The third-order valence-electron chi connectivity index (χ3n) is 4.14. The molecule has 1 fully saturated rings. The lowest BCUT2D eigenvalue weighted by Crippen LogP contribution is -2.46. The molecule has 1 aliphatic heterocycles. The number of nitrogens with two attached hydrogens (primary N) is 1. The van der Waals surface area contributed by atoms with E-state index >= 15 is 0 Å². The van der Waals surface area contributed by atoms with Crippen LogP contribution in [0.15, 0.2) is 24.5 Å². The number of aromatic nitrogens is 1. The van der Waals surface area contributed by atoms with Crippen LogP contribution in [0.25, 0.3) is 0 Å². The Morgan fingerprint density at radius 3 is 2.76 bits per heavy atom. The fraction of sp³-hybridized carbons (Fsp3) is 0.643. The molecular formula is C14H23N3. The quantitative estimate of drug-likeness (QED) is 0.870. The smallest absolute Gasteiger partial charge is 0.0474 e. The first kappa shape index (κ1) is 12.5. The minimum absolute atomic E-state index is 0.343. The maximum absolute atomic E-state index is 5.98. The van der Waals surface area contributed by atoms with Crippen molar-refractivity contribution in [2.45, 2.75) is 38.8 Å². The summed E-state index contributed by atoms with van der Waals surface area (Å²) in [7, 11) is 0. The van der Waals surface area contributed by atoms with Gasteiger partial charge in [-0.05, 0) is 49.9 Å². The van der Waals surface area contributed by atoms with E-state index in [1.165, 1.54) is 18.4 Å². The van der Waals surface area contributed by atoms with Crippen molar-refractivity contribution in [2.75, 3.05) is 13.1 Å². The van der Waals surface area contributed by atoms with Crippen LogP contribution >= 0.6 is 0 Å². The van der Waals surface area contributed by atoms with E-state index in [4.69, 9.17) is 5.73 Å². The molecule has 94 valence electrons. The van der Waals surface area contributed by atoms with Crippen LogP contribution in [0.2, 0.25) is 0 Å². The Kier molecular flexibility index (Phi) is 4.13. The lowest BCUT2D eigenvalue weighted by molar-refractivity contribution is 0.0709. The van der Waals surface area contributed by atoms with Gasteiger partial charge < -0.3 is 5.73 Å². The van der Waals surface area contributed by atoms with Crippen LogP contribution in [-0.2, 0) is 0 Å². The molecule has 1 aromatic heterocycles. The predicted octanol–water partition coefficient (Wildman–Crippen LogP) is 2.20. The summed E-state index contributed by atoms with van der Waals surface area (Å²) in [5.41, 5.74) is 7.28. The van der Waals surface area contributed by atoms with Crippen LogP contribution in [0.1, 0.15) is 38.3 Å². The lowest BCUT2D eigenvalue weighted by Gasteiger charge is -2.42. The largest absolute Gasteiger partial charge is 0.329 e. The monoisotopic (exact) mass is 233 g/mol. The van der Waals surface area contributed by atoms with Crippen molar-refractivity contribution in [1.29, 1.82) is 0 Å². The fourth-order valence-corrected chi connectivity index (χ4v) is 2.86. The molecule has 2 N–H and O–H groups in total. The highest BCUT2D eigenvalue weighted by molar-refractivity contribution is 5.16. The average molecular weight is 233 g/mol. The van der Waals surface area contributed by atoms with Gasteiger partial charge in [0.25, 0.3) is 0 Å². The molecule has 1 saturated heterocycles. The average Bonchev–Trinajstić information content (AvgIpc) is 2.37. The van der Waals surface area contributed by atoms with Crippen LogP contribution < -0.4 is 5.73 Å². The standard InChI is InChI=1S/C14H23N3/c1-11-4-3-9-17(12(11)2)14(10-15)13-5-7-16-8-6-13/h5-8,11-12,14H,3-4,9-10,15H2,1-2H3. The third-order valence-corrected chi connectivity index (χ3v) is 4.14. The van der Waals surface area contributed by atoms with E-state index in [9.17, 15) is 0 Å². The Balaban J connectivity index is 2.18. The molecule has 2 rings (SSSR count). The van der Waals surface area contributed by atoms with Gasteiger partial charge in [0.05, 0.1) is 0 Å². The van der Waals surface area contributed by atoms with Gasteiger partial charge in [-0.15, -0.1) is 0 Å². The molecule has 0 amide bonds. The van der Waals surface area contributed by atoms with Crippen LogP contribution in [-0.4, -0.2) is 29.0 Å². The van der Waals surface area contributed by atoms with E-state index in [0.717, 1.165) is 12.5 Å². The van der Waals surface area contributed by atoms with E-state index in [2.05, 4.69) is 35.9 Å². The molecule has 0 aromatic carbocycles. The predicted molar refractivity (Wildman–Crippen MR) is 70.6 cm³/mol. The lowest BCUT2D eigenvalue weighted by atomic mass is 9.89. The first-order chi connectivity index (χ1) is 8.24. The van der Waals surface area contributed by atoms with Crippen molar-refractivity contribution in [2.24, 2.45) is 11.7 Å². The van der Waals surface area contributed by atoms with Crippen molar-refractivity contribution < 1.29 is 0 Å². The zero-order chi connectivity index (χ0) is 12.3. The van der Waals surface area contributed by atoms with Gasteiger partial charge >= 0.3 is 0 Å². The number of hydrogen-bond donors (Lipinski definition) is 1. The second-order valence-corrected chi connectivity index (χ2v) is 5.13. The summed E-state index contributed by atoms with van der Waals surface area (Å²) in [6, 6.07) is 5.13. The Morgan fingerprint density at radius 1 is 1.41 bits per heavy atom. The first-order valence-electron chi connectivity index (χ1n) is 6.59. The van der Waals surface area contributed by atoms with Crippen LogP contribution in [0.4, 0.5) is 0 Å². The molecule has 3 heteroatoms. The maximum Gasteiger partial charge on any atom is 0.0474 e. The molecule has 3 unspecified atom stereocenters. The van der Waals surface area contributed by atoms with E-state index in [0.29, 0.717) is 18.6 Å². The topological polar surface area (TPSA) is 42.1 Å². The number of nitrogens with zero attached hydrogens (tertiary/aromatic N) is 2. The van der Waals surface area contributed by atoms with Gasteiger partial charge in [-0.3, -0.25) is 9.88 Å². The van der Waals surface area contributed by atoms with Crippen molar-refractivity contribution in [3.8, 4) is 0 Å². The van der Waals surface area contributed by atoms with Crippen LogP contribution in [0.5, 0.6) is 0 Å². The number of rotatable bonds is 3. The highest BCUT2D eigenvalue weighted by Gasteiger charge is 2.30. The van der Waals surface area contributed by atoms with Crippen LogP contribution in [0, 0.1) is 5.92 Å². The van der Waals surface area contributed by atoms with Crippen LogP contribution in [0.3, 0.4) is 0 Å². The summed E-state index contributed by atoms with van der Waals surface area (Å²) in [5.74, 6) is 0.764. The Morgan fingerprint density at radius 2 is 2.12 bits per heavy atom. The zero-order valence-corrected chi connectivity index (χ0v) is 10.8. The van der Waals surface area contributed by atoms with Gasteiger partial charge in [-0.2, -0.15) is 0 Å².